The molecule has 5 rings (SSSR count). The maximum Gasteiger partial charge on any atom is 0.404 e. The zero-order valence-electron chi connectivity index (χ0n) is 20.7. The van der Waals surface area contributed by atoms with Gasteiger partial charge in [-0.05, 0) is 53.2 Å². The number of halogens is 1. The van der Waals surface area contributed by atoms with Crippen LogP contribution < -0.4 is 20.5 Å². The van der Waals surface area contributed by atoms with E-state index >= 15 is 0 Å². The lowest BCUT2D eigenvalue weighted by molar-refractivity contribution is -0.136. The van der Waals surface area contributed by atoms with E-state index in [1.807, 2.05) is 17.0 Å². The third kappa shape index (κ3) is 5.60. The molecule has 0 radical (unpaired) electrons. The zero-order chi connectivity index (χ0) is 26.8. The number of piperidine rings is 1. The molecule has 4 N–H and O–H groups in total. The van der Waals surface area contributed by atoms with Crippen LogP contribution in [0.1, 0.15) is 26.2 Å². The van der Waals surface area contributed by atoms with Gasteiger partial charge in [0, 0.05) is 35.5 Å². The Bertz CT molecular complexity index is 1360. The summed E-state index contributed by atoms with van der Waals surface area (Å²) in [7, 11) is 0. The van der Waals surface area contributed by atoms with Crippen molar-refractivity contribution in [3.05, 3.63) is 22.9 Å². The highest BCUT2D eigenvalue weighted by Gasteiger charge is 2.27. The van der Waals surface area contributed by atoms with Gasteiger partial charge in [-0.1, -0.05) is 18.7 Å². The number of nitrogens with two attached hydrogens (primary N) is 1. The summed E-state index contributed by atoms with van der Waals surface area (Å²) < 4.78 is 14.0. The SMILES string of the molecule is C[C@H](CNC(=O)O)C(=O)N1CCC(CCn2c(Sc3cc4c(cc3Br)OCO4)nc3c(N)ncnc32)CC1. The van der Waals surface area contributed by atoms with Crippen molar-refractivity contribution in [2.24, 2.45) is 11.8 Å². The Morgan fingerprint density at radius 1 is 1.26 bits per heavy atom. The van der Waals surface area contributed by atoms with Crippen molar-refractivity contribution >= 4 is 56.7 Å². The molecule has 0 unspecified atom stereocenters. The lowest BCUT2D eigenvalue weighted by Crippen LogP contribution is -2.44. The fourth-order valence-corrected chi connectivity index (χ4v) is 6.19. The Balaban J connectivity index is 1.27. The highest BCUT2D eigenvalue weighted by Crippen LogP contribution is 2.43. The number of aryl methyl sites for hydroxylation is 1. The van der Waals surface area contributed by atoms with E-state index in [0.29, 0.717) is 54.0 Å². The standard InChI is InChI=1S/C24H28BrN7O5S/c1-13(10-27-24(34)35)22(33)31-5-2-14(3-6-31)4-7-32-21-19(20(26)28-11-29-21)30-23(32)38-18-9-17-16(8-15(18)25)36-12-37-17/h8-9,11,13-14,27H,2-7,10,12H2,1H3,(H,34,35)(H2,26,28,29)/t13-/m1/s1. The summed E-state index contributed by atoms with van der Waals surface area (Å²) in [5.41, 5.74) is 7.37. The predicted octanol–water partition coefficient (Wildman–Crippen LogP) is 3.58. The molecule has 202 valence electrons. The number of likely N-dealkylation sites (tertiary alicyclic amines) is 1. The minimum Gasteiger partial charge on any atom is -0.465 e. The van der Waals surface area contributed by atoms with Crippen molar-refractivity contribution in [2.75, 3.05) is 32.2 Å². The quantitative estimate of drug-likeness (QED) is 0.346. The van der Waals surface area contributed by atoms with Crippen LogP contribution in [0.25, 0.3) is 11.2 Å². The second-order valence-electron chi connectivity index (χ2n) is 9.36. The van der Waals surface area contributed by atoms with Crippen LogP contribution in [0.3, 0.4) is 0 Å². The number of nitrogens with zero attached hydrogens (tertiary/aromatic N) is 5. The van der Waals surface area contributed by atoms with Gasteiger partial charge in [-0.2, -0.15) is 0 Å². The van der Waals surface area contributed by atoms with Gasteiger partial charge in [-0.3, -0.25) is 4.79 Å². The maximum atomic E-state index is 12.7. The van der Waals surface area contributed by atoms with Crippen molar-refractivity contribution in [1.82, 2.24) is 29.7 Å². The van der Waals surface area contributed by atoms with Crippen LogP contribution >= 0.6 is 27.7 Å². The smallest absolute Gasteiger partial charge is 0.404 e. The topological polar surface area (TPSA) is 158 Å². The minimum atomic E-state index is -1.12. The number of anilines is 1. The fraction of sp³-hybridized carbons (Fsp3) is 0.458. The average Bonchev–Trinajstić information content (AvgIpc) is 3.50. The van der Waals surface area contributed by atoms with Crippen molar-refractivity contribution in [2.45, 2.75) is 42.8 Å². The van der Waals surface area contributed by atoms with Crippen molar-refractivity contribution in [1.29, 1.82) is 0 Å². The summed E-state index contributed by atoms with van der Waals surface area (Å²) >= 11 is 5.11. The van der Waals surface area contributed by atoms with Gasteiger partial charge in [0.25, 0.3) is 0 Å². The first-order valence-electron chi connectivity index (χ1n) is 12.3. The Morgan fingerprint density at radius 3 is 2.74 bits per heavy atom. The summed E-state index contributed by atoms with van der Waals surface area (Å²) in [6, 6.07) is 3.81. The first kappa shape index (κ1) is 26.4. The van der Waals surface area contributed by atoms with Gasteiger partial charge in [0.2, 0.25) is 12.7 Å². The summed E-state index contributed by atoms with van der Waals surface area (Å²) in [4.78, 5) is 39.5. The molecule has 2 aromatic heterocycles. The van der Waals surface area contributed by atoms with Crippen molar-refractivity contribution in [3.63, 3.8) is 0 Å². The van der Waals surface area contributed by atoms with Gasteiger partial charge in [-0.15, -0.1) is 0 Å². The first-order chi connectivity index (χ1) is 18.3. The van der Waals surface area contributed by atoms with Crippen LogP contribution in [0.5, 0.6) is 11.5 Å². The summed E-state index contributed by atoms with van der Waals surface area (Å²) in [6.07, 6.45) is 2.98. The number of carbonyl (C=O) groups excluding carboxylic acids is 1. The molecule has 1 saturated heterocycles. The number of ether oxygens (including phenoxy) is 2. The van der Waals surface area contributed by atoms with Gasteiger partial charge < -0.3 is 35.1 Å². The third-order valence-electron chi connectivity index (χ3n) is 6.82. The Kier molecular flexibility index (Phi) is 7.79. The minimum absolute atomic E-state index is 0.0158. The number of fused-ring (bicyclic) bond motifs is 2. The second-order valence-corrected chi connectivity index (χ2v) is 11.2. The molecular formula is C24H28BrN7O5S. The van der Waals surface area contributed by atoms with Crippen LogP contribution in [0.4, 0.5) is 10.6 Å². The number of hydrogen-bond acceptors (Lipinski definition) is 9. The van der Waals surface area contributed by atoms with Crippen LogP contribution in [-0.2, 0) is 11.3 Å². The number of nitrogen functional groups attached to an aromatic ring is 1. The Morgan fingerprint density at radius 2 is 2.00 bits per heavy atom. The molecule has 0 spiro atoms. The Hall–Kier alpha value is -3.26. The molecule has 38 heavy (non-hydrogen) atoms. The zero-order valence-corrected chi connectivity index (χ0v) is 23.1. The number of hydrogen-bond donors (Lipinski definition) is 3. The molecular weight excluding hydrogens is 578 g/mol. The molecule has 12 nitrogen and oxygen atoms in total. The van der Waals surface area contributed by atoms with Gasteiger partial charge in [0.05, 0.1) is 5.92 Å². The van der Waals surface area contributed by atoms with Crippen LogP contribution in [0, 0.1) is 11.8 Å². The fourth-order valence-electron chi connectivity index (χ4n) is 4.68. The molecule has 1 atom stereocenters. The van der Waals surface area contributed by atoms with E-state index in [-0.39, 0.29) is 25.2 Å². The van der Waals surface area contributed by atoms with E-state index in [0.717, 1.165) is 33.8 Å². The van der Waals surface area contributed by atoms with Crippen molar-refractivity contribution in [3.8, 4) is 11.5 Å². The number of carbonyl (C=O) groups is 2. The highest BCUT2D eigenvalue weighted by molar-refractivity contribution is 9.10. The first-order valence-corrected chi connectivity index (χ1v) is 13.9. The van der Waals surface area contributed by atoms with Gasteiger partial charge in [0.1, 0.15) is 6.33 Å². The van der Waals surface area contributed by atoms with Gasteiger partial charge >= 0.3 is 6.09 Å². The summed E-state index contributed by atoms with van der Waals surface area (Å²) in [5, 5.41) is 11.8. The molecule has 2 amide bonds. The molecule has 2 aliphatic rings. The van der Waals surface area contributed by atoms with E-state index < -0.39 is 6.09 Å². The molecule has 1 fully saturated rings. The van der Waals surface area contributed by atoms with E-state index in [9.17, 15) is 9.59 Å². The second kappa shape index (κ2) is 11.2. The number of rotatable bonds is 8. The van der Waals surface area contributed by atoms with Crippen LogP contribution in [-0.4, -0.2) is 68.0 Å². The van der Waals surface area contributed by atoms with E-state index in [1.54, 1.807) is 6.92 Å². The number of benzene rings is 1. The normalized spacial score (nSPS) is 16.1. The lowest BCUT2D eigenvalue weighted by atomic mass is 9.93. The number of aromatic nitrogens is 4. The summed E-state index contributed by atoms with van der Waals surface area (Å²) in [5.74, 6) is 1.74. The number of carboxylic acid groups (broad SMARTS) is 1. The van der Waals surface area contributed by atoms with Crippen molar-refractivity contribution < 1.29 is 24.2 Å². The molecule has 4 heterocycles. The monoisotopic (exact) mass is 605 g/mol. The molecule has 0 aliphatic carbocycles. The van der Waals surface area contributed by atoms with E-state index in [4.69, 9.17) is 25.3 Å². The maximum absolute atomic E-state index is 12.7. The molecule has 3 aromatic rings. The highest BCUT2D eigenvalue weighted by atomic mass is 79.9. The summed E-state index contributed by atoms with van der Waals surface area (Å²) in [6.45, 7) is 4.07. The molecule has 2 aliphatic heterocycles. The largest absolute Gasteiger partial charge is 0.465 e. The number of amides is 2. The molecule has 0 saturated carbocycles. The lowest BCUT2D eigenvalue weighted by Gasteiger charge is -2.33. The van der Waals surface area contributed by atoms with E-state index in [1.165, 1.54) is 18.1 Å². The Labute approximate surface area is 231 Å². The van der Waals surface area contributed by atoms with Crippen LogP contribution in [0.2, 0.25) is 0 Å². The molecule has 1 aromatic carbocycles. The number of imidazole rings is 1. The van der Waals surface area contributed by atoms with Crippen LogP contribution in [0.15, 0.2) is 33.0 Å². The molecule has 0 bridgehead atoms. The van der Waals surface area contributed by atoms with Gasteiger partial charge in [-0.25, -0.2) is 19.7 Å². The number of nitrogens with one attached hydrogen (secondary N) is 1. The third-order valence-corrected chi connectivity index (χ3v) is 8.79. The van der Waals surface area contributed by atoms with Gasteiger partial charge in [0.15, 0.2) is 33.6 Å². The average molecular weight is 607 g/mol. The predicted molar refractivity (Wildman–Crippen MR) is 143 cm³/mol. The van der Waals surface area contributed by atoms with E-state index in [2.05, 4.69) is 35.8 Å². The molecule has 14 heteroatoms.